The second kappa shape index (κ2) is 4.95. The quantitative estimate of drug-likeness (QED) is 0.873. The summed E-state index contributed by atoms with van der Waals surface area (Å²) < 4.78 is 6.34. The van der Waals surface area contributed by atoms with Gasteiger partial charge in [0.25, 0.3) is 5.91 Å². The fourth-order valence-corrected chi connectivity index (χ4v) is 4.02. The Hall–Kier alpha value is -2.15. The van der Waals surface area contributed by atoms with Gasteiger partial charge >= 0.3 is 6.09 Å². The smallest absolute Gasteiger partial charge is 0.407 e. The van der Waals surface area contributed by atoms with Crippen molar-refractivity contribution in [2.24, 2.45) is 0 Å². The van der Waals surface area contributed by atoms with Gasteiger partial charge in [0, 0.05) is 6.54 Å². The second-order valence-corrected chi connectivity index (χ2v) is 6.62. The minimum Gasteiger partial charge on any atom is -0.439 e. The maximum absolute atomic E-state index is 12.9. The molecule has 2 aliphatic heterocycles. The predicted molar refractivity (Wildman–Crippen MR) is 82.0 cm³/mol. The first-order chi connectivity index (χ1) is 10.7. The first-order valence-corrected chi connectivity index (χ1v) is 8.13. The number of carbonyl (C=O) groups is 2. The van der Waals surface area contributed by atoms with Crippen LogP contribution in [0.5, 0.6) is 0 Å². The molecule has 4 rings (SSSR count). The van der Waals surface area contributed by atoms with E-state index < -0.39 is 5.60 Å². The molecule has 2 aromatic rings. The minimum absolute atomic E-state index is 0.0168. The number of nitrogens with zero attached hydrogens (tertiary/aromatic N) is 2. The number of fused-ring (bicyclic) bond motifs is 1. The van der Waals surface area contributed by atoms with E-state index in [1.54, 1.807) is 10.4 Å². The van der Waals surface area contributed by atoms with Crippen LogP contribution in [-0.2, 0) is 4.74 Å². The Morgan fingerprint density at radius 2 is 2.36 bits per heavy atom. The van der Waals surface area contributed by atoms with Gasteiger partial charge in [-0.1, -0.05) is 6.07 Å². The predicted octanol–water partition coefficient (Wildman–Crippen LogP) is 2.01. The van der Waals surface area contributed by atoms with E-state index in [0.717, 1.165) is 23.1 Å². The van der Waals surface area contributed by atoms with Gasteiger partial charge in [0.1, 0.15) is 5.60 Å². The number of thiazole rings is 1. The molecule has 1 spiro atoms. The summed E-state index contributed by atoms with van der Waals surface area (Å²) in [6, 6.07) is 5.60. The maximum atomic E-state index is 12.9. The summed E-state index contributed by atoms with van der Waals surface area (Å²) in [6.07, 6.45) is 1.23. The van der Waals surface area contributed by atoms with E-state index in [4.69, 9.17) is 4.74 Å². The van der Waals surface area contributed by atoms with Gasteiger partial charge in [-0.05, 0) is 25.0 Å². The van der Waals surface area contributed by atoms with E-state index >= 15 is 0 Å². The van der Waals surface area contributed by atoms with Crippen molar-refractivity contribution in [3.8, 4) is 0 Å². The molecule has 1 aromatic heterocycles. The van der Waals surface area contributed by atoms with Crippen molar-refractivity contribution in [1.29, 1.82) is 0 Å². The molecule has 22 heavy (non-hydrogen) atoms. The van der Waals surface area contributed by atoms with Gasteiger partial charge in [0.15, 0.2) is 0 Å². The highest BCUT2D eigenvalue weighted by atomic mass is 32.1. The lowest BCUT2D eigenvalue weighted by molar-refractivity contribution is -0.00496. The van der Waals surface area contributed by atoms with Gasteiger partial charge in [-0.3, -0.25) is 4.79 Å². The van der Waals surface area contributed by atoms with Crippen molar-refractivity contribution in [1.82, 2.24) is 15.2 Å². The molecule has 0 aliphatic carbocycles. The average molecular weight is 317 g/mol. The third-order valence-corrected chi connectivity index (χ3v) is 5.15. The number of amides is 2. The number of ether oxygens (including phenoxy) is 1. The molecule has 7 heteroatoms. The molecule has 1 N–H and O–H groups in total. The Morgan fingerprint density at radius 1 is 1.45 bits per heavy atom. The number of likely N-dealkylation sites (tertiary alicyclic amines) is 1. The number of rotatable bonds is 1. The topological polar surface area (TPSA) is 71.5 Å². The molecule has 0 saturated carbocycles. The summed E-state index contributed by atoms with van der Waals surface area (Å²) in [4.78, 5) is 30.3. The van der Waals surface area contributed by atoms with E-state index in [-0.39, 0.29) is 12.0 Å². The Bertz CT molecular complexity index is 759. The molecular formula is C15H15N3O3S. The highest BCUT2D eigenvalue weighted by molar-refractivity contribution is 7.17. The number of hydrogen-bond donors (Lipinski definition) is 1. The highest BCUT2D eigenvalue weighted by Gasteiger charge is 2.45. The van der Waals surface area contributed by atoms with Crippen LogP contribution in [0.1, 0.15) is 23.2 Å². The Kier molecular flexibility index (Phi) is 3.04. The zero-order valence-electron chi connectivity index (χ0n) is 11.9. The van der Waals surface area contributed by atoms with Gasteiger partial charge < -0.3 is 15.0 Å². The number of alkyl carbamates (subject to hydrolysis) is 1. The third-order valence-electron chi connectivity index (χ3n) is 4.28. The van der Waals surface area contributed by atoms with E-state index in [0.29, 0.717) is 25.2 Å². The van der Waals surface area contributed by atoms with Crippen LogP contribution >= 0.6 is 11.3 Å². The summed E-state index contributed by atoms with van der Waals surface area (Å²) in [6.45, 7) is 1.60. The average Bonchev–Trinajstić information content (AvgIpc) is 3.13. The zero-order valence-corrected chi connectivity index (χ0v) is 12.7. The molecule has 2 aliphatic rings. The van der Waals surface area contributed by atoms with Crippen LogP contribution in [0, 0.1) is 0 Å². The lowest BCUT2D eigenvalue weighted by Crippen LogP contribution is -2.52. The molecule has 114 valence electrons. The summed E-state index contributed by atoms with van der Waals surface area (Å²) in [5.74, 6) is -0.0168. The normalized spacial score (nSPS) is 24.5. The first-order valence-electron chi connectivity index (χ1n) is 7.25. The number of nitrogens with one attached hydrogen (secondary N) is 1. The number of benzene rings is 1. The van der Waals surface area contributed by atoms with Gasteiger partial charge in [-0.15, -0.1) is 11.3 Å². The standard InChI is InChI=1S/C15H15N3O3S/c19-13(10-3-1-4-11-12(10)22-9-17-11)18-6-2-5-15(8-18)7-16-14(20)21-15/h1,3-4,9H,2,5-8H2,(H,16,20). The van der Waals surface area contributed by atoms with Crippen LogP contribution in [0.25, 0.3) is 10.2 Å². The lowest BCUT2D eigenvalue weighted by atomic mass is 9.92. The molecular weight excluding hydrogens is 302 g/mol. The maximum Gasteiger partial charge on any atom is 0.407 e. The number of carbonyl (C=O) groups excluding carboxylic acids is 2. The van der Waals surface area contributed by atoms with E-state index in [1.165, 1.54) is 11.3 Å². The van der Waals surface area contributed by atoms with Crippen molar-refractivity contribution < 1.29 is 14.3 Å². The van der Waals surface area contributed by atoms with Crippen molar-refractivity contribution in [3.63, 3.8) is 0 Å². The molecule has 0 radical (unpaired) electrons. The first kappa shape index (κ1) is 13.5. The SMILES string of the molecule is O=C1NCC2(CCCN(C(=O)c3cccc4ncsc34)C2)O1. The fraction of sp³-hybridized carbons (Fsp3) is 0.400. The zero-order chi connectivity index (χ0) is 15.2. The molecule has 6 nitrogen and oxygen atoms in total. The lowest BCUT2D eigenvalue weighted by Gasteiger charge is -2.38. The largest absolute Gasteiger partial charge is 0.439 e. The van der Waals surface area contributed by atoms with Crippen LogP contribution in [0.3, 0.4) is 0 Å². The van der Waals surface area contributed by atoms with Crippen molar-refractivity contribution in [2.45, 2.75) is 18.4 Å². The minimum atomic E-state index is -0.563. The van der Waals surface area contributed by atoms with Crippen LogP contribution in [-0.4, -0.2) is 47.1 Å². The van der Waals surface area contributed by atoms with Crippen LogP contribution in [0.4, 0.5) is 4.79 Å². The second-order valence-electron chi connectivity index (χ2n) is 5.76. The van der Waals surface area contributed by atoms with E-state index in [9.17, 15) is 9.59 Å². The third kappa shape index (κ3) is 2.12. The van der Waals surface area contributed by atoms with Gasteiger partial charge in [0.2, 0.25) is 0 Å². The summed E-state index contributed by atoms with van der Waals surface area (Å²) in [7, 11) is 0. The summed E-state index contributed by atoms with van der Waals surface area (Å²) in [5.41, 5.74) is 2.71. The molecule has 1 atom stereocenters. The van der Waals surface area contributed by atoms with Crippen LogP contribution < -0.4 is 5.32 Å². The molecule has 2 saturated heterocycles. The van der Waals surface area contributed by atoms with E-state index in [1.807, 2.05) is 18.2 Å². The molecule has 1 aromatic carbocycles. The molecule has 1 unspecified atom stereocenters. The van der Waals surface area contributed by atoms with Gasteiger partial charge in [-0.2, -0.15) is 0 Å². The van der Waals surface area contributed by atoms with Crippen LogP contribution in [0.2, 0.25) is 0 Å². The monoisotopic (exact) mass is 317 g/mol. The van der Waals surface area contributed by atoms with Crippen molar-refractivity contribution in [2.75, 3.05) is 19.6 Å². The van der Waals surface area contributed by atoms with Crippen molar-refractivity contribution >= 4 is 33.6 Å². The van der Waals surface area contributed by atoms with Crippen LogP contribution in [0.15, 0.2) is 23.7 Å². The number of hydrogen-bond acceptors (Lipinski definition) is 5. The molecule has 2 fully saturated rings. The Balaban J connectivity index is 1.62. The summed E-state index contributed by atoms with van der Waals surface area (Å²) >= 11 is 1.47. The Labute approximate surface area is 131 Å². The molecule has 0 bridgehead atoms. The molecule has 3 heterocycles. The summed E-state index contributed by atoms with van der Waals surface area (Å²) in [5, 5.41) is 2.70. The van der Waals surface area contributed by atoms with Gasteiger partial charge in [-0.25, -0.2) is 9.78 Å². The Morgan fingerprint density at radius 3 is 3.18 bits per heavy atom. The highest BCUT2D eigenvalue weighted by Crippen LogP contribution is 2.30. The fourth-order valence-electron chi connectivity index (χ4n) is 3.23. The van der Waals surface area contributed by atoms with Crippen molar-refractivity contribution in [3.05, 3.63) is 29.3 Å². The molecule has 2 amide bonds. The number of aromatic nitrogens is 1. The van der Waals surface area contributed by atoms with E-state index in [2.05, 4.69) is 10.3 Å². The van der Waals surface area contributed by atoms with Gasteiger partial charge in [0.05, 0.1) is 34.4 Å². The number of piperidine rings is 1.